The van der Waals surface area contributed by atoms with Crippen LogP contribution < -0.4 is 15.2 Å². The third-order valence-electron chi connectivity index (χ3n) is 3.02. The summed E-state index contributed by atoms with van der Waals surface area (Å²) in [5.41, 5.74) is 7.03. The number of halogens is 1. The van der Waals surface area contributed by atoms with E-state index in [2.05, 4.69) is 4.72 Å². The molecule has 0 heterocycles. The van der Waals surface area contributed by atoms with E-state index < -0.39 is 10.0 Å². The first-order valence-electron chi connectivity index (χ1n) is 6.06. The van der Waals surface area contributed by atoms with Gasteiger partial charge in [0.25, 0.3) is 10.0 Å². The van der Waals surface area contributed by atoms with Crippen LogP contribution in [0.25, 0.3) is 0 Å². The maximum absolute atomic E-state index is 12.4. The molecule has 0 radical (unpaired) electrons. The van der Waals surface area contributed by atoms with Crippen LogP contribution in [0.5, 0.6) is 5.75 Å². The molecule has 3 N–H and O–H groups in total. The molecular formula is C14H15ClN2O3S. The van der Waals surface area contributed by atoms with Crippen LogP contribution in [0.15, 0.2) is 41.3 Å². The molecule has 2 rings (SSSR count). The minimum Gasteiger partial charge on any atom is -0.495 e. The van der Waals surface area contributed by atoms with Crippen molar-refractivity contribution in [3.63, 3.8) is 0 Å². The molecule has 7 heteroatoms. The Bertz CT molecular complexity index is 776. The van der Waals surface area contributed by atoms with E-state index >= 15 is 0 Å². The number of nitrogen functional groups attached to an aromatic ring is 1. The van der Waals surface area contributed by atoms with Crippen molar-refractivity contribution in [3.8, 4) is 5.75 Å². The Balaban J connectivity index is 2.40. The lowest BCUT2D eigenvalue weighted by atomic mass is 10.2. The van der Waals surface area contributed by atoms with Gasteiger partial charge in [-0.15, -0.1) is 0 Å². The molecule has 2 aromatic carbocycles. The normalized spacial score (nSPS) is 11.2. The second kappa shape index (κ2) is 5.83. The molecule has 0 saturated heterocycles. The molecule has 0 aliphatic rings. The molecule has 0 aliphatic carbocycles. The van der Waals surface area contributed by atoms with Gasteiger partial charge in [-0.1, -0.05) is 17.7 Å². The Kier molecular flexibility index (Phi) is 4.29. The van der Waals surface area contributed by atoms with Gasteiger partial charge in [0, 0.05) is 11.8 Å². The van der Waals surface area contributed by atoms with Crippen molar-refractivity contribution in [3.05, 3.63) is 47.0 Å². The summed E-state index contributed by atoms with van der Waals surface area (Å²) in [6, 6.07) is 9.39. The lowest BCUT2D eigenvalue weighted by molar-refractivity contribution is 0.415. The topological polar surface area (TPSA) is 81.4 Å². The molecule has 0 fully saturated rings. The predicted molar refractivity (Wildman–Crippen MR) is 84.4 cm³/mol. The van der Waals surface area contributed by atoms with Crippen molar-refractivity contribution in [2.24, 2.45) is 0 Å². The van der Waals surface area contributed by atoms with E-state index in [1.165, 1.54) is 19.2 Å². The maximum atomic E-state index is 12.4. The summed E-state index contributed by atoms with van der Waals surface area (Å²) in [7, 11) is -2.27. The van der Waals surface area contributed by atoms with Gasteiger partial charge in [-0.05, 0) is 36.8 Å². The summed E-state index contributed by atoms with van der Waals surface area (Å²) in [5.74, 6) is 0.390. The number of ether oxygens (including phenoxy) is 1. The van der Waals surface area contributed by atoms with Crippen molar-refractivity contribution < 1.29 is 13.2 Å². The van der Waals surface area contributed by atoms with Crippen LogP contribution in [0.1, 0.15) is 5.56 Å². The molecular weight excluding hydrogens is 312 g/mol. The lowest BCUT2D eigenvalue weighted by Crippen LogP contribution is -2.15. The van der Waals surface area contributed by atoms with Crippen LogP contribution in [0.3, 0.4) is 0 Å². The van der Waals surface area contributed by atoms with E-state index in [-0.39, 0.29) is 4.90 Å². The highest BCUT2D eigenvalue weighted by Gasteiger charge is 2.18. The van der Waals surface area contributed by atoms with Gasteiger partial charge in [-0.3, -0.25) is 4.72 Å². The molecule has 0 amide bonds. The number of hydrogen-bond acceptors (Lipinski definition) is 4. The van der Waals surface area contributed by atoms with Gasteiger partial charge in [0.05, 0.1) is 22.7 Å². The minimum atomic E-state index is -3.73. The Morgan fingerprint density at radius 3 is 2.62 bits per heavy atom. The number of anilines is 2. The quantitative estimate of drug-likeness (QED) is 0.846. The molecule has 0 spiro atoms. The van der Waals surface area contributed by atoms with Gasteiger partial charge in [0.2, 0.25) is 0 Å². The van der Waals surface area contributed by atoms with Gasteiger partial charge in [0.15, 0.2) is 0 Å². The number of benzene rings is 2. The summed E-state index contributed by atoms with van der Waals surface area (Å²) in [6.45, 7) is 1.66. The SMILES string of the molecule is COc1cc(NS(=O)(=O)c2cccc(N)c2C)ccc1Cl. The Labute approximate surface area is 128 Å². The maximum Gasteiger partial charge on any atom is 0.262 e. The molecule has 0 aliphatic heterocycles. The van der Waals surface area contributed by atoms with Crippen LogP contribution in [0.2, 0.25) is 5.02 Å². The van der Waals surface area contributed by atoms with Crippen LogP contribution in [-0.4, -0.2) is 15.5 Å². The summed E-state index contributed by atoms with van der Waals surface area (Å²) in [6.07, 6.45) is 0. The van der Waals surface area contributed by atoms with E-state index in [1.807, 2.05) is 0 Å². The van der Waals surface area contributed by atoms with Crippen molar-refractivity contribution in [1.29, 1.82) is 0 Å². The second-order valence-electron chi connectivity index (χ2n) is 4.43. The zero-order chi connectivity index (χ0) is 15.6. The fraction of sp³-hybridized carbons (Fsp3) is 0.143. The Hall–Kier alpha value is -1.92. The highest BCUT2D eigenvalue weighted by Crippen LogP contribution is 2.29. The van der Waals surface area contributed by atoms with Crippen LogP contribution >= 0.6 is 11.6 Å². The zero-order valence-corrected chi connectivity index (χ0v) is 13.1. The van der Waals surface area contributed by atoms with Gasteiger partial charge in [0.1, 0.15) is 5.75 Å². The van der Waals surface area contributed by atoms with E-state index in [0.717, 1.165) is 0 Å². The lowest BCUT2D eigenvalue weighted by Gasteiger charge is -2.12. The smallest absolute Gasteiger partial charge is 0.262 e. The fourth-order valence-corrected chi connectivity index (χ4v) is 3.38. The number of sulfonamides is 1. The average Bonchev–Trinajstić information content (AvgIpc) is 2.43. The second-order valence-corrected chi connectivity index (χ2v) is 6.48. The molecule has 21 heavy (non-hydrogen) atoms. The number of nitrogens with two attached hydrogens (primary N) is 1. The number of hydrogen-bond donors (Lipinski definition) is 2. The van der Waals surface area contributed by atoms with E-state index in [9.17, 15) is 8.42 Å². The standard InChI is InChI=1S/C14H15ClN2O3S/c1-9-12(16)4-3-5-14(9)21(18,19)17-10-6-7-11(15)13(8-10)20-2/h3-8,17H,16H2,1-2H3. The summed E-state index contributed by atoms with van der Waals surface area (Å²) in [5, 5.41) is 0.403. The average molecular weight is 327 g/mol. The first-order chi connectivity index (χ1) is 9.85. The molecule has 112 valence electrons. The van der Waals surface area contributed by atoms with Crippen molar-refractivity contribution in [2.45, 2.75) is 11.8 Å². The number of methoxy groups -OCH3 is 1. The largest absolute Gasteiger partial charge is 0.495 e. The highest BCUT2D eigenvalue weighted by molar-refractivity contribution is 7.92. The monoisotopic (exact) mass is 326 g/mol. The van der Waals surface area contributed by atoms with Gasteiger partial charge < -0.3 is 10.5 Å². The zero-order valence-electron chi connectivity index (χ0n) is 11.6. The van der Waals surface area contributed by atoms with E-state index in [0.29, 0.717) is 27.7 Å². The minimum absolute atomic E-state index is 0.136. The van der Waals surface area contributed by atoms with Crippen molar-refractivity contribution in [1.82, 2.24) is 0 Å². The molecule has 0 saturated carbocycles. The van der Waals surface area contributed by atoms with Crippen LogP contribution in [-0.2, 0) is 10.0 Å². The molecule has 0 unspecified atom stereocenters. The number of nitrogens with one attached hydrogen (secondary N) is 1. The van der Waals surface area contributed by atoms with E-state index in [4.69, 9.17) is 22.1 Å². The van der Waals surface area contributed by atoms with Crippen molar-refractivity contribution >= 4 is 33.0 Å². The van der Waals surface area contributed by atoms with E-state index in [1.54, 1.807) is 31.2 Å². The summed E-state index contributed by atoms with van der Waals surface area (Å²) < 4.78 is 32.4. The first-order valence-corrected chi connectivity index (χ1v) is 7.92. The number of rotatable bonds is 4. The van der Waals surface area contributed by atoms with Crippen LogP contribution in [0, 0.1) is 6.92 Å². The third kappa shape index (κ3) is 3.22. The molecule has 5 nitrogen and oxygen atoms in total. The highest BCUT2D eigenvalue weighted by atomic mass is 35.5. The van der Waals surface area contributed by atoms with Crippen LogP contribution in [0.4, 0.5) is 11.4 Å². The first kappa shape index (κ1) is 15.5. The Morgan fingerprint density at radius 1 is 1.24 bits per heavy atom. The van der Waals surface area contributed by atoms with Gasteiger partial charge in [-0.2, -0.15) is 0 Å². The fourth-order valence-electron chi connectivity index (χ4n) is 1.86. The molecule has 0 atom stereocenters. The predicted octanol–water partition coefficient (Wildman–Crippen LogP) is 3.04. The molecule has 0 aromatic heterocycles. The summed E-state index contributed by atoms with van der Waals surface area (Å²) in [4.78, 5) is 0.136. The third-order valence-corrected chi connectivity index (χ3v) is 4.86. The Morgan fingerprint density at radius 2 is 1.95 bits per heavy atom. The summed E-state index contributed by atoms with van der Waals surface area (Å²) >= 11 is 5.91. The molecule has 0 bridgehead atoms. The van der Waals surface area contributed by atoms with Gasteiger partial charge >= 0.3 is 0 Å². The van der Waals surface area contributed by atoms with Gasteiger partial charge in [-0.25, -0.2) is 8.42 Å². The van der Waals surface area contributed by atoms with Crippen molar-refractivity contribution in [2.75, 3.05) is 17.6 Å². The molecule has 2 aromatic rings.